The van der Waals surface area contributed by atoms with E-state index < -0.39 is 0 Å². The minimum atomic E-state index is 0.660. The summed E-state index contributed by atoms with van der Waals surface area (Å²) in [6.07, 6.45) is 0. The van der Waals surface area contributed by atoms with E-state index in [2.05, 4.69) is 5.32 Å². The van der Waals surface area contributed by atoms with Gasteiger partial charge in [-0.15, -0.1) is 0 Å². The van der Waals surface area contributed by atoms with Crippen molar-refractivity contribution >= 4 is 28.9 Å². The fourth-order valence-corrected chi connectivity index (χ4v) is 2.10. The minimum absolute atomic E-state index is 0.660. The molecule has 0 spiro atoms. The molecular weight excluding hydrogens is 281 g/mol. The summed E-state index contributed by atoms with van der Waals surface area (Å²) in [5.74, 6) is 0.772. The van der Waals surface area contributed by atoms with Crippen LogP contribution in [0.25, 0.3) is 0 Å². The van der Waals surface area contributed by atoms with Crippen molar-refractivity contribution in [3.05, 3.63) is 57.6 Å². The van der Waals surface area contributed by atoms with Gasteiger partial charge in [0.1, 0.15) is 5.75 Å². The average molecular weight is 296 g/mol. The van der Waals surface area contributed by atoms with Gasteiger partial charge in [0.25, 0.3) is 0 Å². The number of aryl methyl sites for hydroxylation is 1. The lowest BCUT2D eigenvalue weighted by Gasteiger charge is -2.11. The van der Waals surface area contributed by atoms with Gasteiger partial charge in [0.2, 0.25) is 0 Å². The fraction of sp³-hybridized carbons (Fsp3) is 0.200. The fourth-order valence-electron chi connectivity index (χ4n) is 1.71. The molecule has 0 unspecified atom stereocenters. The summed E-state index contributed by atoms with van der Waals surface area (Å²) >= 11 is 12.2. The van der Waals surface area contributed by atoms with Gasteiger partial charge >= 0.3 is 0 Å². The van der Waals surface area contributed by atoms with Gasteiger partial charge < -0.3 is 10.1 Å². The Balaban J connectivity index is 2.11. The average Bonchev–Trinajstić information content (AvgIpc) is 2.41. The van der Waals surface area contributed by atoms with E-state index in [-0.39, 0.29) is 0 Å². The van der Waals surface area contributed by atoms with Crippen LogP contribution in [0, 0.1) is 6.92 Å². The summed E-state index contributed by atoms with van der Waals surface area (Å²) in [6.45, 7) is 2.64. The number of methoxy groups -OCH3 is 1. The van der Waals surface area contributed by atoms with Crippen LogP contribution >= 0.6 is 23.2 Å². The van der Waals surface area contributed by atoms with Gasteiger partial charge in [0, 0.05) is 17.6 Å². The molecule has 4 heteroatoms. The van der Waals surface area contributed by atoms with E-state index in [0.29, 0.717) is 11.6 Å². The zero-order chi connectivity index (χ0) is 13.8. The van der Waals surface area contributed by atoms with E-state index in [9.17, 15) is 0 Å². The van der Waals surface area contributed by atoms with Crippen molar-refractivity contribution in [1.82, 2.24) is 0 Å². The number of benzene rings is 2. The highest BCUT2D eigenvalue weighted by Crippen LogP contribution is 2.27. The van der Waals surface area contributed by atoms with Crippen LogP contribution in [0.1, 0.15) is 11.1 Å². The summed E-state index contributed by atoms with van der Waals surface area (Å²) in [4.78, 5) is 0. The SMILES string of the molecule is COc1ccc(Cl)c(NCc2ccc(C)c(Cl)c2)c1. The molecule has 0 saturated heterocycles. The molecule has 0 saturated carbocycles. The number of hydrogen-bond acceptors (Lipinski definition) is 2. The first-order chi connectivity index (χ1) is 9.10. The molecule has 0 radical (unpaired) electrons. The zero-order valence-electron chi connectivity index (χ0n) is 10.8. The van der Waals surface area contributed by atoms with Gasteiger partial charge in [-0.2, -0.15) is 0 Å². The highest BCUT2D eigenvalue weighted by atomic mass is 35.5. The molecule has 0 heterocycles. The predicted octanol–water partition coefficient (Wildman–Crippen LogP) is 4.92. The standard InChI is InChI=1S/C15H15Cl2NO/c1-10-3-4-11(7-14(10)17)9-18-15-8-12(19-2)5-6-13(15)16/h3-8,18H,9H2,1-2H3. The van der Waals surface area contributed by atoms with Crippen molar-refractivity contribution in [3.63, 3.8) is 0 Å². The lowest BCUT2D eigenvalue weighted by Crippen LogP contribution is -2.00. The first kappa shape index (κ1) is 14.0. The van der Waals surface area contributed by atoms with E-state index in [1.165, 1.54) is 0 Å². The Morgan fingerprint density at radius 3 is 2.53 bits per heavy atom. The second-order valence-corrected chi connectivity index (χ2v) is 5.10. The smallest absolute Gasteiger partial charge is 0.121 e. The molecular formula is C15H15Cl2NO. The van der Waals surface area contributed by atoms with Crippen LogP contribution in [-0.4, -0.2) is 7.11 Å². The Morgan fingerprint density at radius 2 is 1.84 bits per heavy atom. The normalized spacial score (nSPS) is 10.3. The van der Waals surface area contributed by atoms with Gasteiger partial charge in [-0.05, 0) is 36.2 Å². The van der Waals surface area contributed by atoms with Crippen molar-refractivity contribution in [1.29, 1.82) is 0 Å². The number of rotatable bonds is 4. The number of ether oxygens (including phenoxy) is 1. The molecule has 19 heavy (non-hydrogen) atoms. The Bertz CT molecular complexity index is 584. The van der Waals surface area contributed by atoms with Crippen molar-refractivity contribution in [2.24, 2.45) is 0 Å². The molecule has 100 valence electrons. The monoisotopic (exact) mass is 295 g/mol. The van der Waals surface area contributed by atoms with E-state index in [0.717, 1.165) is 27.6 Å². The van der Waals surface area contributed by atoms with Gasteiger partial charge in [-0.1, -0.05) is 35.3 Å². The Hall–Kier alpha value is -1.38. The molecule has 0 aliphatic carbocycles. The molecule has 0 aliphatic rings. The van der Waals surface area contributed by atoms with Crippen LogP contribution < -0.4 is 10.1 Å². The summed E-state index contributed by atoms with van der Waals surface area (Å²) < 4.78 is 5.18. The van der Waals surface area contributed by atoms with Crippen molar-refractivity contribution < 1.29 is 4.74 Å². The van der Waals surface area contributed by atoms with E-state index in [1.807, 2.05) is 43.3 Å². The second kappa shape index (κ2) is 6.18. The Labute approximate surface area is 123 Å². The molecule has 0 aromatic heterocycles. The largest absolute Gasteiger partial charge is 0.497 e. The Kier molecular flexibility index (Phi) is 4.56. The Morgan fingerprint density at radius 1 is 1.05 bits per heavy atom. The van der Waals surface area contributed by atoms with Gasteiger partial charge in [-0.25, -0.2) is 0 Å². The maximum atomic E-state index is 6.13. The lowest BCUT2D eigenvalue weighted by atomic mass is 10.1. The minimum Gasteiger partial charge on any atom is -0.497 e. The topological polar surface area (TPSA) is 21.3 Å². The summed E-state index contributed by atoms with van der Waals surface area (Å²) in [5, 5.41) is 4.72. The van der Waals surface area contributed by atoms with Crippen LogP contribution in [0.5, 0.6) is 5.75 Å². The maximum Gasteiger partial charge on any atom is 0.121 e. The maximum absolute atomic E-state index is 6.13. The summed E-state index contributed by atoms with van der Waals surface area (Å²) in [6, 6.07) is 11.5. The molecule has 0 amide bonds. The number of anilines is 1. The third-order valence-electron chi connectivity index (χ3n) is 2.89. The second-order valence-electron chi connectivity index (χ2n) is 4.28. The van der Waals surface area contributed by atoms with Crippen LogP contribution in [0.4, 0.5) is 5.69 Å². The number of hydrogen-bond donors (Lipinski definition) is 1. The molecule has 0 bridgehead atoms. The molecule has 2 aromatic carbocycles. The zero-order valence-corrected chi connectivity index (χ0v) is 12.3. The molecule has 2 aromatic rings. The van der Waals surface area contributed by atoms with E-state index in [1.54, 1.807) is 7.11 Å². The van der Waals surface area contributed by atoms with E-state index >= 15 is 0 Å². The molecule has 2 rings (SSSR count). The molecule has 0 atom stereocenters. The first-order valence-electron chi connectivity index (χ1n) is 5.92. The molecule has 0 aliphatic heterocycles. The van der Waals surface area contributed by atoms with Crippen LogP contribution in [0.3, 0.4) is 0 Å². The summed E-state index contributed by atoms with van der Waals surface area (Å²) in [5.41, 5.74) is 3.03. The quantitative estimate of drug-likeness (QED) is 0.864. The first-order valence-corrected chi connectivity index (χ1v) is 6.68. The van der Waals surface area contributed by atoms with Crippen LogP contribution in [0.2, 0.25) is 10.0 Å². The third-order valence-corrected chi connectivity index (χ3v) is 3.63. The molecule has 1 N–H and O–H groups in total. The number of halogens is 2. The molecule has 2 nitrogen and oxygen atoms in total. The van der Waals surface area contributed by atoms with Crippen LogP contribution in [-0.2, 0) is 6.54 Å². The lowest BCUT2D eigenvalue weighted by molar-refractivity contribution is 0.415. The number of nitrogens with one attached hydrogen (secondary N) is 1. The van der Waals surface area contributed by atoms with Crippen molar-refractivity contribution in [3.8, 4) is 5.75 Å². The van der Waals surface area contributed by atoms with Gasteiger partial charge in [-0.3, -0.25) is 0 Å². The van der Waals surface area contributed by atoms with E-state index in [4.69, 9.17) is 27.9 Å². The van der Waals surface area contributed by atoms with Gasteiger partial charge in [0.05, 0.1) is 17.8 Å². The van der Waals surface area contributed by atoms with Gasteiger partial charge in [0.15, 0.2) is 0 Å². The van der Waals surface area contributed by atoms with Crippen molar-refractivity contribution in [2.45, 2.75) is 13.5 Å². The highest BCUT2D eigenvalue weighted by Gasteiger charge is 2.03. The highest BCUT2D eigenvalue weighted by molar-refractivity contribution is 6.33. The third kappa shape index (κ3) is 3.55. The van der Waals surface area contributed by atoms with Crippen molar-refractivity contribution in [2.75, 3.05) is 12.4 Å². The summed E-state index contributed by atoms with van der Waals surface area (Å²) in [7, 11) is 1.63. The predicted molar refractivity (Wildman–Crippen MR) is 81.5 cm³/mol. The van der Waals surface area contributed by atoms with Crippen LogP contribution in [0.15, 0.2) is 36.4 Å². The molecule has 0 fully saturated rings.